The van der Waals surface area contributed by atoms with Gasteiger partial charge in [0.1, 0.15) is 5.60 Å². The first kappa shape index (κ1) is 16.0. The highest BCUT2D eigenvalue weighted by atomic mass is 16.6. The highest BCUT2D eigenvalue weighted by molar-refractivity contribution is 5.67. The third-order valence-electron chi connectivity index (χ3n) is 1.85. The maximum absolute atomic E-state index is 11.3. The largest absolute Gasteiger partial charge is 0.444 e. The minimum absolute atomic E-state index is 0.0235. The molecule has 0 heterocycles. The predicted molar refractivity (Wildman–Crippen MR) is 69.0 cm³/mol. The standard InChI is InChI=1S/C13H25NO3/c1-12(2,3)17-11(15)14-9-7-8-13(4,5)10-16-6/h7-8H,9-10H2,1-6H3,(H,14,15)/b8-7+. The number of nitrogens with one attached hydrogen (secondary N) is 1. The van der Waals surface area contributed by atoms with Crippen molar-refractivity contribution in [2.45, 2.75) is 40.2 Å². The van der Waals surface area contributed by atoms with Crippen LogP contribution in [-0.2, 0) is 9.47 Å². The molecule has 0 unspecified atom stereocenters. The summed E-state index contributed by atoms with van der Waals surface area (Å²) in [5, 5.41) is 2.67. The Kier molecular flexibility index (Phi) is 6.24. The summed E-state index contributed by atoms with van der Waals surface area (Å²) in [5.74, 6) is 0. The van der Waals surface area contributed by atoms with E-state index >= 15 is 0 Å². The van der Waals surface area contributed by atoms with Gasteiger partial charge < -0.3 is 14.8 Å². The van der Waals surface area contributed by atoms with E-state index in [1.165, 1.54) is 0 Å². The fraction of sp³-hybridized carbons (Fsp3) is 0.769. The van der Waals surface area contributed by atoms with Crippen LogP contribution in [-0.4, -0.2) is 32.0 Å². The van der Waals surface area contributed by atoms with Gasteiger partial charge >= 0.3 is 6.09 Å². The lowest BCUT2D eigenvalue weighted by molar-refractivity contribution is 0.0534. The molecule has 0 aromatic carbocycles. The number of hydrogen-bond donors (Lipinski definition) is 1. The Labute approximate surface area is 104 Å². The van der Waals surface area contributed by atoms with Crippen LogP contribution in [0.1, 0.15) is 34.6 Å². The van der Waals surface area contributed by atoms with E-state index in [4.69, 9.17) is 9.47 Å². The zero-order valence-corrected chi connectivity index (χ0v) is 11.8. The zero-order chi connectivity index (χ0) is 13.5. The van der Waals surface area contributed by atoms with Crippen LogP contribution >= 0.6 is 0 Å². The molecule has 0 bridgehead atoms. The molecule has 0 aliphatic carbocycles. The van der Waals surface area contributed by atoms with Gasteiger partial charge in [0.05, 0.1) is 6.61 Å². The molecule has 100 valence electrons. The molecule has 0 aliphatic rings. The molecule has 4 heteroatoms. The molecule has 1 amide bonds. The van der Waals surface area contributed by atoms with E-state index in [0.717, 1.165) is 0 Å². The Balaban J connectivity index is 3.91. The molecule has 0 saturated heterocycles. The first-order valence-electron chi connectivity index (χ1n) is 5.80. The van der Waals surface area contributed by atoms with Crippen molar-refractivity contribution in [3.05, 3.63) is 12.2 Å². The molecule has 0 aromatic rings. The molecule has 0 spiro atoms. The van der Waals surface area contributed by atoms with Crippen LogP contribution in [0.4, 0.5) is 4.79 Å². The van der Waals surface area contributed by atoms with E-state index in [0.29, 0.717) is 13.2 Å². The summed E-state index contributed by atoms with van der Waals surface area (Å²) >= 11 is 0. The zero-order valence-electron chi connectivity index (χ0n) is 11.8. The van der Waals surface area contributed by atoms with Crippen LogP contribution in [0.15, 0.2) is 12.2 Å². The SMILES string of the molecule is COCC(C)(C)/C=C/CNC(=O)OC(C)(C)C. The monoisotopic (exact) mass is 243 g/mol. The first-order valence-corrected chi connectivity index (χ1v) is 5.80. The third kappa shape index (κ3) is 9.87. The van der Waals surface area contributed by atoms with Gasteiger partial charge in [-0.15, -0.1) is 0 Å². The van der Waals surface area contributed by atoms with E-state index in [9.17, 15) is 4.79 Å². The average Bonchev–Trinajstić information content (AvgIpc) is 2.09. The number of amides is 1. The van der Waals surface area contributed by atoms with Crippen molar-refractivity contribution >= 4 is 6.09 Å². The maximum Gasteiger partial charge on any atom is 0.407 e. The van der Waals surface area contributed by atoms with Crippen LogP contribution in [0.2, 0.25) is 0 Å². The number of methoxy groups -OCH3 is 1. The van der Waals surface area contributed by atoms with Crippen LogP contribution < -0.4 is 5.32 Å². The normalized spacial score (nSPS) is 12.8. The van der Waals surface area contributed by atoms with Crippen molar-refractivity contribution < 1.29 is 14.3 Å². The molecule has 0 aromatic heterocycles. The smallest absolute Gasteiger partial charge is 0.407 e. The Bertz CT molecular complexity index is 264. The van der Waals surface area contributed by atoms with Crippen molar-refractivity contribution in [3.63, 3.8) is 0 Å². The summed E-state index contributed by atoms with van der Waals surface area (Å²) in [5.41, 5.74) is -0.479. The minimum atomic E-state index is -0.455. The maximum atomic E-state index is 11.3. The molecule has 0 radical (unpaired) electrons. The summed E-state index contributed by atoms with van der Waals surface area (Å²) in [7, 11) is 1.68. The molecule has 1 N–H and O–H groups in total. The number of hydrogen-bond acceptors (Lipinski definition) is 3. The minimum Gasteiger partial charge on any atom is -0.444 e. The highest BCUT2D eigenvalue weighted by Crippen LogP contribution is 2.16. The summed E-state index contributed by atoms with van der Waals surface area (Å²) in [6.07, 6.45) is 3.53. The first-order chi connectivity index (χ1) is 7.66. The van der Waals surface area contributed by atoms with Crippen LogP contribution in [0.5, 0.6) is 0 Å². The lowest BCUT2D eigenvalue weighted by atomic mass is 9.94. The summed E-state index contributed by atoms with van der Waals surface area (Å²) < 4.78 is 10.2. The molecule has 0 aliphatic heterocycles. The van der Waals surface area contributed by atoms with Crippen molar-refractivity contribution in [1.29, 1.82) is 0 Å². The lowest BCUT2D eigenvalue weighted by Crippen LogP contribution is -2.32. The molecule has 0 atom stereocenters. The van der Waals surface area contributed by atoms with E-state index in [2.05, 4.69) is 19.2 Å². The van der Waals surface area contributed by atoms with Gasteiger partial charge in [0.25, 0.3) is 0 Å². The topological polar surface area (TPSA) is 47.6 Å². The fourth-order valence-corrected chi connectivity index (χ4v) is 1.25. The van der Waals surface area contributed by atoms with E-state index < -0.39 is 11.7 Å². The van der Waals surface area contributed by atoms with Gasteiger partial charge in [-0.1, -0.05) is 26.0 Å². The Morgan fingerprint density at radius 3 is 2.29 bits per heavy atom. The molecule has 17 heavy (non-hydrogen) atoms. The Morgan fingerprint density at radius 1 is 1.24 bits per heavy atom. The van der Waals surface area contributed by atoms with Crippen molar-refractivity contribution in [1.82, 2.24) is 5.32 Å². The van der Waals surface area contributed by atoms with Gasteiger partial charge in [-0.2, -0.15) is 0 Å². The summed E-state index contributed by atoms with van der Waals surface area (Å²) in [4.78, 5) is 11.3. The molecular weight excluding hydrogens is 218 g/mol. The summed E-state index contributed by atoms with van der Waals surface area (Å²) in [6, 6.07) is 0. The van der Waals surface area contributed by atoms with Gasteiger partial charge in [0.15, 0.2) is 0 Å². The van der Waals surface area contributed by atoms with Crippen molar-refractivity contribution in [2.24, 2.45) is 5.41 Å². The predicted octanol–water partition coefficient (Wildman–Crippen LogP) is 2.74. The van der Waals surface area contributed by atoms with Crippen LogP contribution in [0.25, 0.3) is 0 Å². The van der Waals surface area contributed by atoms with Crippen molar-refractivity contribution in [2.75, 3.05) is 20.3 Å². The quantitative estimate of drug-likeness (QED) is 0.755. The van der Waals surface area contributed by atoms with Gasteiger partial charge in [-0.25, -0.2) is 4.79 Å². The van der Waals surface area contributed by atoms with Gasteiger partial charge in [-0.05, 0) is 20.8 Å². The van der Waals surface area contributed by atoms with E-state index in [1.807, 2.05) is 32.9 Å². The lowest BCUT2D eigenvalue weighted by Gasteiger charge is -2.20. The Morgan fingerprint density at radius 2 is 1.82 bits per heavy atom. The van der Waals surface area contributed by atoms with Gasteiger partial charge in [0.2, 0.25) is 0 Å². The molecule has 0 saturated carbocycles. The number of alkyl carbamates (subject to hydrolysis) is 1. The third-order valence-corrected chi connectivity index (χ3v) is 1.85. The van der Waals surface area contributed by atoms with Gasteiger partial charge in [0, 0.05) is 19.1 Å². The average molecular weight is 243 g/mol. The van der Waals surface area contributed by atoms with Crippen molar-refractivity contribution in [3.8, 4) is 0 Å². The second-order valence-electron chi connectivity index (χ2n) is 5.71. The van der Waals surface area contributed by atoms with E-state index in [-0.39, 0.29) is 5.41 Å². The van der Waals surface area contributed by atoms with Crippen LogP contribution in [0, 0.1) is 5.41 Å². The number of ether oxygens (including phenoxy) is 2. The highest BCUT2D eigenvalue weighted by Gasteiger charge is 2.15. The molecule has 0 fully saturated rings. The second kappa shape index (κ2) is 6.64. The molecule has 0 rings (SSSR count). The molecular formula is C13H25NO3. The fourth-order valence-electron chi connectivity index (χ4n) is 1.25. The van der Waals surface area contributed by atoms with E-state index in [1.54, 1.807) is 7.11 Å². The number of carbonyl (C=O) groups is 1. The van der Waals surface area contributed by atoms with Gasteiger partial charge in [-0.3, -0.25) is 0 Å². The molecule has 4 nitrogen and oxygen atoms in total. The number of rotatable bonds is 5. The summed E-state index contributed by atoms with van der Waals surface area (Å²) in [6.45, 7) is 10.8. The van der Waals surface area contributed by atoms with Crippen LogP contribution in [0.3, 0.4) is 0 Å². The Hall–Kier alpha value is -1.03. The number of carbonyl (C=O) groups excluding carboxylic acids is 1. The second-order valence-corrected chi connectivity index (χ2v) is 5.71.